The fourth-order valence-corrected chi connectivity index (χ4v) is 12.0. The maximum Gasteiger partial charge on any atom is 0.149 e. The summed E-state index contributed by atoms with van der Waals surface area (Å²) in [6, 6.07) is 10.5. The molecule has 2 saturated carbocycles. The molecule has 0 N–H and O–H groups in total. The molecule has 1 saturated heterocycles. The average Bonchev–Trinajstić information content (AvgIpc) is 2.94. The van der Waals surface area contributed by atoms with Crippen LogP contribution in [0.5, 0.6) is 0 Å². The standard InChI is InChI=1S/C16H21OPS2/c1-15(2)12-9-10-16(15,3)14-13(12)20-18(19,17-14)11-7-5-4-6-8-11/h4-8,12-14H,9-10H2,1-3H3/t12-,13-,14-,16+,18?/m1/s1. The molecule has 3 aliphatic rings. The summed E-state index contributed by atoms with van der Waals surface area (Å²) in [4.78, 5) is 0. The van der Waals surface area contributed by atoms with E-state index in [-0.39, 0.29) is 0 Å². The third kappa shape index (κ3) is 1.53. The van der Waals surface area contributed by atoms with Crippen molar-refractivity contribution in [2.45, 2.75) is 45.0 Å². The maximum absolute atomic E-state index is 6.62. The molecule has 4 heteroatoms. The molecule has 4 rings (SSSR count). The smallest absolute Gasteiger partial charge is 0.149 e. The van der Waals surface area contributed by atoms with Gasteiger partial charge in [-0.1, -0.05) is 74.3 Å². The Morgan fingerprint density at radius 3 is 2.60 bits per heavy atom. The van der Waals surface area contributed by atoms with E-state index in [1.54, 1.807) is 0 Å². The van der Waals surface area contributed by atoms with E-state index in [1.165, 1.54) is 18.1 Å². The van der Waals surface area contributed by atoms with Crippen LogP contribution in [0.15, 0.2) is 30.3 Å². The van der Waals surface area contributed by atoms with E-state index in [1.807, 2.05) is 11.4 Å². The molecule has 1 unspecified atom stereocenters. The molecule has 0 radical (unpaired) electrons. The molecule has 1 aromatic carbocycles. The van der Waals surface area contributed by atoms with Crippen molar-refractivity contribution in [1.29, 1.82) is 0 Å². The van der Waals surface area contributed by atoms with Gasteiger partial charge in [0.15, 0.2) is 0 Å². The van der Waals surface area contributed by atoms with Gasteiger partial charge in [0.05, 0.1) is 6.10 Å². The first-order valence-electron chi connectivity index (χ1n) is 7.41. The fraction of sp³-hybridized carbons (Fsp3) is 0.625. The van der Waals surface area contributed by atoms with E-state index in [0.29, 0.717) is 22.2 Å². The number of hydrogen-bond acceptors (Lipinski definition) is 3. The van der Waals surface area contributed by atoms with Crippen LogP contribution in [0.1, 0.15) is 33.6 Å². The minimum absolute atomic E-state index is 0.310. The third-order valence-corrected chi connectivity index (χ3v) is 12.9. The van der Waals surface area contributed by atoms with Gasteiger partial charge in [-0.2, -0.15) is 0 Å². The van der Waals surface area contributed by atoms with E-state index in [0.717, 1.165) is 5.92 Å². The number of hydrogen-bond donors (Lipinski definition) is 0. The Labute approximate surface area is 130 Å². The van der Waals surface area contributed by atoms with Crippen molar-refractivity contribution in [3.05, 3.63) is 30.3 Å². The normalized spacial score (nSPS) is 48.5. The van der Waals surface area contributed by atoms with Gasteiger partial charge in [0.2, 0.25) is 0 Å². The quantitative estimate of drug-likeness (QED) is 0.700. The van der Waals surface area contributed by atoms with Crippen molar-refractivity contribution in [2.24, 2.45) is 16.7 Å². The van der Waals surface area contributed by atoms with Crippen LogP contribution in [0.25, 0.3) is 0 Å². The first-order valence-corrected chi connectivity index (χ1v) is 11.6. The predicted molar refractivity (Wildman–Crippen MR) is 91.2 cm³/mol. The molecule has 1 nitrogen and oxygen atoms in total. The van der Waals surface area contributed by atoms with E-state index in [4.69, 9.17) is 16.3 Å². The molecule has 0 spiro atoms. The van der Waals surface area contributed by atoms with Crippen molar-refractivity contribution in [2.75, 3.05) is 0 Å². The minimum atomic E-state index is -1.88. The topological polar surface area (TPSA) is 9.23 Å². The second-order valence-electron chi connectivity index (χ2n) is 7.21. The van der Waals surface area contributed by atoms with Crippen molar-refractivity contribution < 1.29 is 4.52 Å². The van der Waals surface area contributed by atoms with Gasteiger partial charge < -0.3 is 4.52 Å². The average molecular weight is 324 g/mol. The summed E-state index contributed by atoms with van der Waals surface area (Å²) in [5.74, 6) is 0.774. The zero-order valence-corrected chi connectivity index (χ0v) is 14.7. The van der Waals surface area contributed by atoms with Crippen molar-refractivity contribution >= 4 is 34.0 Å². The lowest BCUT2D eigenvalue weighted by Crippen LogP contribution is -2.37. The SMILES string of the molecule is CC1(C)[C@@H]2CC[C@@]1(C)[C@@H]1OP(=S)(c3ccccc3)S[C@H]21. The van der Waals surface area contributed by atoms with Gasteiger partial charge in [-0.05, 0) is 24.2 Å². The van der Waals surface area contributed by atoms with Crippen LogP contribution < -0.4 is 5.30 Å². The molecule has 108 valence electrons. The lowest BCUT2D eigenvalue weighted by Gasteiger charge is -2.38. The molecule has 1 aliphatic heterocycles. The second kappa shape index (κ2) is 4.13. The molecule has 3 fully saturated rings. The molecule has 0 amide bonds. The minimum Gasteiger partial charge on any atom is -0.333 e. The summed E-state index contributed by atoms with van der Waals surface area (Å²) in [5, 5.41) is 1.87. The van der Waals surface area contributed by atoms with Crippen molar-refractivity contribution in [3.63, 3.8) is 0 Å². The van der Waals surface area contributed by atoms with E-state index in [9.17, 15) is 0 Å². The highest BCUT2D eigenvalue weighted by molar-refractivity contribution is 8.72. The summed E-state index contributed by atoms with van der Waals surface area (Å²) in [6.45, 7) is 7.33. The van der Waals surface area contributed by atoms with Gasteiger partial charge in [-0.3, -0.25) is 0 Å². The van der Waals surface area contributed by atoms with Gasteiger partial charge >= 0.3 is 0 Å². The second-order valence-corrected chi connectivity index (χ2v) is 14.1. The summed E-state index contributed by atoms with van der Waals surface area (Å²) in [5.41, 5.74) is -1.18. The molecule has 1 aromatic rings. The molecule has 5 atom stereocenters. The van der Waals surface area contributed by atoms with E-state index in [2.05, 4.69) is 51.1 Å². The monoisotopic (exact) mass is 324 g/mol. The van der Waals surface area contributed by atoms with Crippen LogP contribution in [0.2, 0.25) is 0 Å². The zero-order valence-electron chi connectivity index (χ0n) is 12.2. The van der Waals surface area contributed by atoms with Gasteiger partial charge in [0.25, 0.3) is 0 Å². The molecule has 20 heavy (non-hydrogen) atoms. The molecule has 2 aliphatic carbocycles. The van der Waals surface area contributed by atoms with Gasteiger partial charge in [-0.15, -0.1) is 0 Å². The highest BCUT2D eigenvalue weighted by Gasteiger charge is 2.70. The maximum atomic E-state index is 6.62. The highest BCUT2D eigenvalue weighted by atomic mass is 32.9. The van der Waals surface area contributed by atoms with Crippen LogP contribution in [0, 0.1) is 16.7 Å². The van der Waals surface area contributed by atoms with Crippen LogP contribution in [0.3, 0.4) is 0 Å². The van der Waals surface area contributed by atoms with Gasteiger partial charge in [-0.25, -0.2) is 0 Å². The number of rotatable bonds is 1. The summed E-state index contributed by atoms with van der Waals surface area (Å²) in [7, 11) is 0. The van der Waals surface area contributed by atoms with Crippen molar-refractivity contribution in [3.8, 4) is 0 Å². The Balaban J connectivity index is 1.73. The Morgan fingerprint density at radius 1 is 1.25 bits per heavy atom. The predicted octanol–water partition coefficient (Wildman–Crippen LogP) is 4.58. The summed E-state index contributed by atoms with van der Waals surface area (Å²) < 4.78 is 6.62. The Bertz CT molecular complexity index is 600. The Hall–Kier alpha value is 0.180. The van der Waals surface area contributed by atoms with Crippen molar-refractivity contribution in [1.82, 2.24) is 0 Å². The number of fused-ring (bicyclic) bond motifs is 5. The third-order valence-electron chi connectivity index (χ3n) is 6.28. The van der Waals surface area contributed by atoms with E-state index < -0.39 is 5.47 Å². The Morgan fingerprint density at radius 2 is 1.95 bits per heavy atom. The molecule has 2 bridgehead atoms. The largest absolute Gasteiger partial charge is 0.333 e. The Kier molecular flexibility index (Phi) is 2.85. The first kappa shape index (κ1) is 13.8. The molecular formula is C16H21OPS2. The van der Waals surface area contributed by atoms with E-state index >= 15 is 0 Å². The van der Waals surface area contributed by atoms with Gasteiger partial charge in [0.1, 0.15) is 5.47 Å². The van der Waals surface area contributed by atoms with Gasteiger partial charge in [0, 0.05) is 16.0 Å². The zero-order chi connectivity index (χ0) is 14.2. The van der Waals surface area contributed by atoms with Crippen LogP contribution in [-0.4, -0.2) is 11.4 Å². The van der Waals surface area contributed by atoms with Crippen LogP contribution in [-0.2, 0) is 16.3 Å². The molecular weight excluding hydrogens is 303 g/mol. The lowest BCUT2D eigenvalue weighted by molar-refractivity contribution is 0.0447. The highest BCUT2D eigenvalue weighted by Crippen LogP contribution is 2.80. The summed E-state index contributed by atoms with van der Waals surface area (Å²) in [6.07, 6.45) is 3.02. The molecule has 0 aromatic heterocycles. The molecule has 1 heterocycles. The summed E-state index contributed by atoms with van der Waals surface area (Å²) >= 11 is 8.00. The number of benzene rings is 1. The lowest BCUT2D eigenvalue weighted by atomic mass is 9.70. The van der Waals surface area contributed by atoms with Crippen LogP contribution >= 0.6 is 16.8 Å². The fourth-order valence-electron chi connectivity index (χ4n) is 4.59. The first-order chi connectivity index (χ1) is 9.38. The van der Waals surface area contributed by atoms with Crippen LogP contribution in [0.4, 0.5) is 0 Å².